The molecule has 0 amide bonds. The summed E-state index contributed by atoms with van der Waals surface area (Å²) in [6, 6.07) is 10.7. The highest BCUT2D eigenvalue weighted by atomic mass is 32.3. The first kappa shape index (κ1) is 24.7. The normalized spacial score (nSPS) is 12.4. The number of rotatable bonds is 11. The maximum Gasteiger partial charge on any atom is 0.252 e. The van der Waals surface area contributed by atoms with Gasteiger partial charge >= 0.3 is 0 Å². The molecule has 0 aliphatic rings. The van der Waals surface area contributed by atoms with E-state index < -0.39 is 18.4 Å². The zero-order chi connectivity index (χ0) is 21.6. The Balaban J connectivity index is 2.08. The molecule has 0 aliphatic carbocycles. The predicted molar refractivity (Wildman–Crippen MR) is 127 cm³/mol. The maximum atomic E-state index is 13.1. The first-order chi connectivity index (χ1) is 13.6. The van der Waals surface area contributed by atoms with Gasteiger partial charge in [-0.2, -0.15) is 0 Å². The van der Waals surface area contributed by atoms with Crippen molar-refractivity contribution in [2.75, 3.05) is 44.2 Å². The summed E-state index contributed by atoms with van der Waals surface area (Å²) in [4.78, 5) is 20.2. The molecule has 7 nitrogen and oxygen atoms in total. The van der Waals surface area contributed by atoms with E-state index in [1.54, 1.807) is 29.6 Å². The molecule has 2 aromatic rings. The topological polar surface area (TPSA) is 84.3 Å². The molecule has 0 radical (unpaired) electrons. The van der Waals surface area contributed by atoms with Gasteiger partial charge in [0.1, 0.15) is 0 Å². The number of thiol groups is 2. The van der Waals surface area contributed by atoms with Crippen LogP contribution in [0.15, 0.2) is 41.3 Å². The standard InChI is InChI=1S/C18H28N3O4PS3/c1-19(12-6-14-26(22)23)11-5-13-21(28)29(24,25)18-10-4-7-15-16(18)8-3-9-17(15)20(2)27/h3-4,7-10,22-23,27-28H,5-6,11-14H2,1-2H3. The van der Waals surface area contributed by atoms with Crippen LogP contribution in [0.3, 0.4) is 0 Å². The van der Waals surface area contributed by atoms with Gasteiger partial charge in [-0.15, -0.1) is 3.71 Å². The van der Waals surface area contributed by atoms with Gasteiger partial charge in [-0.05, 0) is 45.1 Å². The molecule has 0 bridgehead atoms. The Morgan fingerprint density at radius 3 is 2.21 bits per heavy atom. The second kappa shape index (κ2) is 11.2. The number of hydrogen-bond donors (Lipinski definition) is 4. The molecular formula is C18H28N3O4PS3. The number of nitrogens with zero attached hydrogens (tertiary/aromatic N) is 3. The summed E-state index contributed by atoms with van der Waals surface area (Å²) in [5, 5.41) is 1.44. The van der Waals surface area contributed by atoms with Crippen LogP contribution in [0.1, 0.15) is 12.8 Å². The van der Waals surface area contributed by atoms with Crippen molar-refractivity contribution in [2.24, 2.45) is 0 Å². The molecule has 29 heavy (non-hydrogen) atoms. The largest absolute Gasteiger partial charge is 0.350 e. The van der Waals surface area contributed by atoms with Crippen LogP contribution in [0.2, 0.25) is 0 Å². The SMILES string of the molecule is CN(CCCN(S)S(=O)(=O)c1cccc2c(N(C)S)cccc12)CCCP(O)O. The van der Waals surface area contributed by atoms with Crippen LogP contribution in [0.4, 0.5) is 5.69 Å². The summed E-state index contributed by atoms with van der Waals surface area (Å²) in [5.41, 5.74) is 0.824. The van der Waals surface area contributed by atoms with E-state index >= 15 is 0 Å². The minimum absolute atomic E-state index is 0.217. The Morgan fingerprint density at radius 1 is 0.931 bits per heavy atom. The van der Waals surface area contributed by atoms with Crippen molar-refractivity contribution in [3.8, 4) is 0 Å². The van der Waals surface area contributed by atoms with Crippen molar-refractivity contribution in [2.45, 2.75) is 17.7 Å². The molecule has 0 aromatic heterocycles. The highest BCUT2D eigenvalue weighted by Crippen LogP contribution is 2.33. The molecular weight excluding hydrogens is 449 g/mol. The number of sulfonamides is 1. The number of hydrogen-bond acceptors (Lipinski definition) is 8. The Morgan fingerprint density at radius 2 is 1.55 bits per heavy atom. The van der Waals surface area contributed by atoms with Crippen molar-refractivity contribution in [1.82, 2.24) is 8.61 Å². The summed E-state index contributed by atoms with van der Waals surface area (Å²) in [5.74, 6) is 0. The first-order valence-electron chi connectivity index (χ1n) is 9.14. The van der Waals surface area contributed by atoms with Crippen LogP contribution in [0.5, 0.6) is 0 Å². The fraction of sp³-hybridized carbons (Fsp3) is 0.444. The first-order valence-corrected chi connectivity index (χ1v) is 12.8. The molecule has 0 saturated carbocycles. The summed E-state index contributed by atoms with van der Waals surface area (Å²) >= 11 is 8.59. The van der Waals surface area contributed by atoms with Gasteiger partial charge in [-0.25, -0.2) is 8.42 Å². The molecule has 0 aliphatic heterocycles. The molecule has 2 aromatic carbocycles. The van der Waals surface area contributed by atoms with E-state index in [1.165, 1.54) is 0 Å². The molecule has 0 fully saturated rings. The zero-order valence-corrected chi connectivity index (χ0v) is 20.0. The summed E-state index contributed by atoms with van der Waals surface area (Å²) in [6.45, 7) is 1.68. The summed E-state index contributed by atoms with van der Waals surface area (Å²) in [6.07, 6.45) is 1.69. The molecule has 0 spiro atoms. The predicted octanol–water partition coefficient (Wildman–Crippen LogP) is 2.96. The lowest BCUT2D eigenvalue weighted by atomic mass is 10.1. The summed E-state index contributed by atoms with van der Waals surface area (Å²) < 4.78 is 28.9. The maximum absolute atomic E-state index is 13.1. The van der Waals surface area contributed by atoms with Crippen molar-refractivity contribution in [1.29, 1.82) is 0 Å². The average Bonchev–Trinajstić information content (AvgIpc) is 2.66. The van der Waals surface area contributed by atoms with Gasteiger partial charge in [0.25, 0.3) is 10.0 Å². The van der Waals surface area contributed by atoms with Crippen molar-refractivity contribution < 1.29 is 18.2 Å². The molecule has 2 N–H and O–H groups in total. The van der Waals surface area contributed by atoms with E-state index in [2.05, 4.69) is 25.6 Å². The molecule has 0 unspecified atom stereocenters. The van der Waals surface area contributed by atoms with Crippen LogP contribution in [-0.4, -0.2) is 66.7 Å². The fourth-order valence-corrected chi connectivity index (χ4v) is 5.38. The quantitative estimate of drug-likeness (QED) is 0.294. The Labute approximate surface area is 185 Å². The van der Waals surface area contributed by atoms with Crippen molar-refractivity contribution in [3.05, 3.63) is 36.4 Å². The van der Waals surface area contributed by atoms with Gasteiger partial charge in [0.15, 0.2) is 8.38 Å². The number of anilines is 1. The fourth-order valence-electron chi connectivity index (χ4n) is 3.08. The van der Waals surface area contributed by atoms with E-state index in [1.807, 2.05) is 30.1 Å². The van der Waals surface area contributed by atoms with E-state index in [4.69, 9.17) is 9.79 Å². The second-order valence-corrected chi connectivity index (χ2v) is 11.2. The molecule has 2 rings (SSSR count). The van der Waals surface area contributed by atoms with Crippen LogP contribution in [0.25, 0.3) is 10.8 Å². The number of benzene rings is 2. The lowest BCUT2D eigenvalue weighted by Crippen LogP contribution is -2.28. The highest BCUT2D eigenvalue weighted by molar-refractivity contribution is 8.00. The van der Waals surface area contributed by atoms with Gasteiger partial charge in [0.2, 0.25) is 0 Å². The van der Waals surface area contributed by atoms with E-state index in [0.29, 0.717) is 30.9 Å². The smallest absolute Gasteiger partial charge is 0.252 e. The van der Waals surface area contributed by atoms with Crippen LogP contribution in [0, 0.1) is 0 Å². The second-order valence-electron chi connectivity index (χ2n) is 6.81. The van der Waals surface area contributed by atoms with E-state index in [-0.39, 0.29) is 11.4 Å². The Bertz CT molecular complexity index is 912. The monoisotopic (exact) mass is 477 g/mol. The Hall–Kier alpha value is -0.580. The zero-order valence-electron chi connectivity index (χ0n) is 16.5. The molecule has 162 valence electrons. The van der Waals surface area contributed by atoms with E-state index in [9.17, 15) is 8.42 Å². The lowest BCUT2D eigenvalue weighted by molar-refractivity contribution is 0.323. The van der Waals surface area contributed by atoms with Crippen molar-refractivity contribution >= 4 is 60.5 Å². The molecule has 0 heterocycles. The van der Waals surface area contributed by atoms with Gasteiger partial charge in [-0.1, -0.05) is 49.9 Å². The minimum Gasteiger partial charge on any atom is -0.350 e. The van der Waals surface area contributed by atoms with Gasteiger partial charge in [0, 0.05) is 30.5 Å². The van der Waals surface area contributed by atoms with E-state index in [0.717, 1.165) is 21.3 Å². The average molecular weight is 478 g/mol. The third kappa shape index (κ3) is 6.70. The van der Waals surface area contributed by atoms with Crippen LogP contribution in [-0.2, 0) is 10.0 Å². The lowest BCUT2D eigenvalue weighted by Gasteiger charge is -2.21. The van der Waals surface area contributed by atoms with Gasteiger partial charge < -0.3 is 19.0 Å². The molecule has 11 heteroatoms. The van der Waals surface area contributed by atoms with Gasteiger partial charge in [-0.3, -0.25) is 0 Å². The van der Waals surface area contributed by atoms with Gasteiger partial charge in [0.05, 0.1) is 10.6 Å². The highest BCUT2D eigenvalue weighted by Gasteiger charge is 2.24. The third-order valence-electron chi connectivity index (χ3n) is 4.55. The minimum atomic E-state index is -3.76. The number of fused-ring (bicyclic) bond motifs is 1. The third-order valence-corrected chi connectivity index (χ3v) is 7.98. The summed E-state index contributed by atoms with van der Waals surface area (Å²) in [7, 11) is -1.89. The van der Waals surface area contributed by atoms with Crippen LogP contribution >= 0.6 is 34.0 Å². The molecule has 0 saturated heterocycles. The van der Waals surface area contributed by atoms with Crippen molar-refractivity contribution in [3.63, 3.8) is 0 Å². The Kier molecular flexibility index (Phi) is 9.50. The molecule has 0 atom stereocenters. The van der Waals surface area contributed by atoms with Crippen LogP contribution < -0.4 is 4.31 Å².